The average molecular weight is 603 g/mol. The smallest absolute Gasteiger partial charge is 0.357 e. The van der Waals surface area contributed by atoms with Crippen molar-refractivity contribution >= 4 is 35.6 Å². The number of ether oxygens (including phenoxy) is 1. The van der Waals surface area contributed by atoms with E-state index in [9.17, 15) is 19.2 Å². The van der Waals surface area contributed by atoms with E-state index < -0.39 is 34.9 Å². The molecule has 0 saturated carbocycles. The third-order valence-corrected chi connectivity index (χ3v) is 8.08. The van der Waals surface area contributed by atoms with E-state index >= 15 is 0 Å². The minimum Gasteiger partial charge on any atom is -0.469 e. The molecular formula is C32H34N4O6S. The molecule has 1 aromatic heterocycles. The number of fused-ring (bicyclic) bond motifs is 1. The Morgan fingerprint density at radius 3 is 2.30 bits per heavy atom. The van der Waals surface area contributed by atoms with E-state index in [2.05, 4.69) is 10.6 Å². The Labute approximate surface area is 254 Å². The number of nitrogens with zero attached hydrogens (tertiary/aromatic N) is 2. The van der Waals surface area contributed by atoms with Gasteiger partial charge in [0, 0.05) is 12.3 Å². The van der Waals surface area contributed by atoms with Gasteiger partial charge in [-0.05, 0) is 44.0 Å². The molecule has 224 valence electrons. The molecule has 4 amide bonds. The number of thioether (sulfide) groups is 1. The monoisotopic (exact) mass is 602 g/mol. The van der Waals surface area contributed by atoms with Crippen molar-refractivity contribution in [2.24, 2.45) is 0 Å². The van der Waals surface area contributed by atoms with E-state index in [1.807, 2.05) is 60.7 Å². The van der Waals surface area contributed by atoms with Crippen LogP contribution in [0.1, 0.15) is 37.7 Å². The van der Waals surface area contributed by atoms with E-state index in [-0.39, 0.29) is 36.9 Å². The number of amides is 4. The quantitative estimate of drug-likeness (QED) is 0.278. The molecule has 43 heavy (non-hydrogen) atoms. The molecule has 0 bridgehead atoms. The molecule has 2 aliphatic rings. The van der Waals surface area contributed by atoms with Crippen LogP contribution < -0.4 is 10.6 Å². The molecule has 0 radical (unpaired) electrons. The van der Waals surface area contributed by atoms with Crippen LogP contribution in [-0.4, -0.2) is 56.4 Å². The highest BCUT2D eigenvalue weighted by molar-refractivity contribution is 8.00. The first-order valence-corrected chi connectivity index (χ1v) is 15.0. The first-order chi connectivity index (χ1) is 20.6. The van der Waals surface area contributed by atoms with Gasteiger partial charge in [0.15, 0.2) is 5.70 Å². The van der Waals surface area contributed by atoms with Crippen LogP contribution in [0.2, 0.25) is 0 Å². The lowest BCUT2D eigenvalue weighted by atomic mass is 10.0. The number of hydrogen-bond acceptors (Lipinski definition) is 7. The van der Waals surface area contributed by atoms with Gasteiger partial charge >= 0.3 is 12.0 Å². The Bertz CT molecular complexity index is 1500. The van der Waals surface area contributed by atoms with Crippen molar-refractivity contribution in [3.05, 3.63) is 107 Å². The number of urea groups is 1. The number of rotatable bonds is 9. The van der Waals surface area contributed by atoms with Crippen molar-refractivity contribution in [2.45, 2.75) is 57.3 Å². The number of nitrogens with one attached hydrogen (secondary N) is 2. The fourth-order valence-corrected chi connectivity index (χ4v) is 6.20. The molecule has 3 heterocycles. The van der Waals surface area contributed by atoms with Crippen molar-refractivity contribution in [3.63, 3.8) is 0 Å². The van der Waals surface area contributed by atoms with Gasteiger partial charge in [0.1, 0.15) is 22.8 Å². The summed E-state index contributed by atoms with van der Waals surface area (Å²) in [4.78, 5) is 56.5. The Kier molecular flexibility index (Phi) is 8.91. The highest BCUT2D eigenvalue weighted by Crippen LogP contribution is 2.42. The molecule has 0 spiro atoms. The van der Waals surface area contributed by atoms with Crippen LogP contribution in [0.15, 0.2) is 94.9 Å². The zero-order chi connectivity index (χ0) is 30.6. The maximum Gasteiger partial charge on any atom is 0.357 e. The second-order valence-electron chi connectivity index (χ2n) is 11.2. The largest absolute Gasteiger partial charge is 0.469 e. The summed E-state index contributed by atoms with van der Waals surface area (Å²) in [5.41, 5.74) is 1.28. The van der Waals surface area contributed by atoms with E-state index in [0.717, 1.165) is 11.1 Å². The Balaban J connectivity index is 1.45. The van der Waals surface area contributed by atoms with Crippen molar-refractivity contribution in [3.8, 4) is 0 Å². The summed E-state index contributed by atoms with van der Waals surface area (Å²) in [6, 6.07) is 21.0. The van der Waals surface area contributed by atoms with Crippen LogP contribution in [0.3, 0.4) is 0 Å². The summed E-state index contributed by atoms with van der Waals surface area (Å²) in [5, 5.41) is 5.20. The second-order valence-corrected chi connectivity index (χ2v) is 12.3. The molecule has 0 aliphatic carbocycles. The normalized spacial score (nSPS) is 17.9. The summed E-state index contributed by atoms with van der Waals surface area (Å²) in [6.07, 6.45) is 1.47. The summed E-state index contributed by atoms with van der Waals surface area (Å²) in [7, 11) is 0. The third-order valence-electron chi connectivity index (χ3n) is 6.81. The van der Waals surface area contributed by atoms with Gasteiger partial charge in [-0.3, -0.25) is 19.4 Å². The molecule has 2 aromatic carbocycles. The van der Waals surface area contributed by atoms with E-state index in [4.69, 9.17) is 9.15 Å². The van der Waals surface area contributed by atoms with Crippen LogP contribution in [-0.2, 0) is 38.6 Å². The zero-order valence-electron chi connectivity index (χ0n) is 24.2. The summed E-state index contributed by atoms with van der Waals surface area (Å²) < 4.78 is 11.0. The third kappa shape index (κ3) is 7.11. The topological polar surface area (TPSA) is 121 Å². The second kappa shape index (κ2) is 12.8. The lowest BCUT2D eigenvalue weighted by Crippen LogP contribution is -2.71. The Morgan fingerprint density at radius 2 is 1.67 bits per heavy atom. The van der Waals surface area contributed by atoms with Gasteiger partial charge in [0.25, 0.3) is 5.91 Å². The van der Waals surface area contributed by atoms with Crippen LogP contribution in [0.5, 0.6) is 0 Å². The number of carbonyl (C=O) groups excluding carboxylic acids is 4. The van der Waals surface area contributed by atoms with Gasteiger partial charge in [-0.1, -0.05) is 60.7 Å². The molecule has 1 unspecified atom stereocenters. The SMILES string of the molecule is CC(C)(C)OC(=O)C1=C(N(Cc2ccccc2)C(=O)NCc2ccccc2)CS[C@H]2C(NC(=O)Cc3ccco3)C(=O)N12. The van der Waals surface area contributed by atoms with Crippen molar-refractivity contribution in [2.75, 3.05) is 5.75 Å². The minimum atomic E-state index is -0.848. The minimum absolute atomic E-state index is 0.00556. The molecule has 2 N–H and O–H groups in total. The van der Waals surface area contributed by atoms with Crippen molar-refractivity contribution in [1.82, 2.24) is 20.4 Å². The van der Waals surface area contributed by atoms with Gasteiger partial charge < -0.3 is 19.8 Å². The van der Waals surface area contributed by atoms with Crippen LogP contribution in [0.25, 0.3) is 0 Å². The maximum atomic E-state index is 13.8. The molecule has 5 rings (SSSR count). The molecule has 2 aliphatic heterocycles. The van der Waals surface area contributed by atoms with E-state index in [1.165, 1.54) is 27.8 Å². The summed E-state index contributed by atoms with van der Waals surface area (Å²) in [5.74, 6) is -0.817. The fraction of sp³-hybridized carbons (Fsp3) is 0.312. The number of hydrogen-bond donors (Lipinski definition) is 2. The van der Waals surface area contributed by atoms with Crippen molar-refractivity contribution in [1.29, 1.82) is 0 Å². The van der Waals surface area contributed by atoms with Crippen molar-refractivity contribution < 1.29 is 28.3 Å². The zero-order valence-corrected chi connectivity index (χ0v) is 25.1. The molecule has 2 atom stereocenters. The van der Waals surface area contributed by atoms with Crippen LogP contribution in [0, 0.1) is 0 Å². The van der Waals surface area contributed by atoms with Gasteiger partial charge in [0.05, 0.1) is 24.9 Å². The van der Waals surface area contributed by atoms with E-state index in [1.54, 1.807) is 32.9 Å². The first-order valence-electron chi connectivity index (χ1n) is 14.0. The van der Waals surface area contributed by atoms with Gasteiger partial charge in [-0.25, -0.2) is 9.59 Å². The summed E-state index contributed by atoms with van der Waals surface area (Å²) in [6.45, 7) is 5.67. The summed E-state index contributed by atoms with van der Waals surface area (Å²) >= 11 is 1.37. The standard InChI is InChI=1S/C32H34N4O6S/c1-32(2,3)42-30(39)27-24(20-43-29-26(28(38)36(27)29)34-25(37)17-23-15-10-16-41-23)35(19-22-13-8-5-9-14-22)31(40)33-18-21-11-6-4-7-12-21/h4-16,26,29H,17-20H2,1-3H3,(H,33,40)(H,34,37)/t26?,29-/m0/s1. The lowest BCUT2D eigenvalue weighted by molar-refractivity contribution is -0.159. The van der Waals surface area contributed by atoms with Crippen LogP contribution >= 0.6 is 11.8 Å². The Morgan fingerprint density at radius 1 is 1.00 bits per heavy atom. The predicted octanol–water partition coefficient (Wildman–Crippen LogP) is 4.19. The van der Waals surface area contributed by atoms with Gasteiger partial charge in [0.2, 0.25) is 5.91 Å². The Hall–Kier alpha value is -4.51. The maximum absolute atomic E-state index is 13.8. The van der Waals surface area contributed by atoms with E-state index in [0.29, 0.717) is 11.5 Å². The van der Waals surface area contributed by atoms with Gasteiger partial charge in [-0.2, -0.15) is 0 Å². The number of carbonyl (C=O) groups is 4. The highest BCUT2D eigenvalue weighted by atomic mass is 32.2. The highest BCUT2D eigenvalue weighted by Gasteiger charge is 2.55. The number of β-lactam (4-membered cyclic amide) rings is 1. The molecule has 10 nitrogen and oxygen atoms in total. The molecule has 1 saturated heterocycles. The average Bonchev–Trinajstić information content (AvgIpc) is 3.50. The molecular weight excluding hydrogens is 568 g/mol. The number of benzene rings is 2. The van der Waals surface area contributed by atoms with Crippen LogP contribution in [0.4, 0.5) is 4.79 Å². The number of furan rings is 1. The number of esters is 1. The van der Waals surface area contributed by atoms with Gasteiger partial charge in [-0.15, -0.1) is 11.8 Å². The first kappa shape index (κ1) is 30.0. The fourth-order valence-electron chi connectivity index (χ4n) is 4.85. The molecule has 11 heteroatoms. The predicted molar refractivity (Wildman–Crippen MR) is 161 cm³/mol. The lowest BCUT2D eigenvalue weighted by Gasteiger charge is -2.50. The molecule has 3 aromatic rings. The molecule has 1 fully saturated rings.